The normalized spacial score (nSPS) is 9.50. The van der Waals surface area contributed by atoms with Gasteiger partial charge in [-0.05, 0) is 30.2 Å². The van der Waals surface area contributed by atoms with Crippen LogP contribution in [-0.4, -0.2) is 27.1 Å². The maximum absolute atomic E-state index is 9.10. The average Bonchev–Trinajstić information content (AvgIpc) is 2.51. The van der Waals surface area contributed by atoms with Crippen LogP contribution < -0.4 is 5.32 Å². The molecule has 2 aromatic rings. The first kappa shape index (κ1) is 17.3. The van der Waals surface area contributed by atoms with E-state index >= 15 is 0 Å². The SMILES string of the molecule is Cc1ccc(CNCc2ccncc2)cc1.O=C(O)C(=O)O. The van der Waals surface area contributed by atoms with Gasteiger partial charge < -0.3 is 15.5 Å². The summed E-state index contributed by atoms with van der Waals surface area (Å²) in [6.07, 6.45) is 3.64. The minimum absolute atomic E-state index is 0.885. The van der Waals surface area contributed by atoms with E-state index in [9.17, 15) is 0 Å². The second-order valence-corrected chi connectivity index (χ2v) is 4.55. The van der Waals surface area contributed by atoms with Gasteiger partial charge >= 0.3 is 11.9 Å². The standard InChI is InChI=1S/C14H16N2.C2H2O4/c1-12-2-4-13(5-3-12)10-16-11-14-6-8-15-9-7-14;3-1(4)2(5)6/h2-9,16H,10-11H2,1H3;(H,3,4)(H,5,6). The molecule has 6 nitrogen and oxygen atoms in total. The fourth-order valence-electron chi connectivity index (χ4n) is 1.56. The van der Waals surface area contributed by atoms with Crippen molar-refractivity contribution in [2.75, 3.05) is 0 Å². The van der Waals surface area contributed by atoms with Crippen molar-refractivity contribution in [2.45, 2.75) is 20.0 Å². The number of hydrogen-bond acceptors (Lipinski definition) is 4. The van der Waals surface area contributed by atoms with Gasteiger partial charge in [-0.15, -0.1) is 0 Å². The molecule has 0 aliphatic rings. The van der Waals surface area contributed by atoms with E-state index < -0.39 is 11.9 Å². The largest absolute Gasteiger partial charge is 0.473 e. The molecule has 0 saturated carbocycles. The zero-order chi connectivity index (χ0) is 16.4. The minimum Gasteiger partial charge on any atom is -0.473 e. The molecule has 0 amide bonds. The van der Waals surface area contributed by atoms with Crippen molar-refractivity contribution in [1.82, 2.24) is 10.3 Å². The molecule has 2 rings (SSSR count). The summed E-state index contributed by atoms with van der Waals surface area (Å²) in [5.41, 5.74) is 3.89. The van der Waals surface area contributed by atoms with Crippen molar-refractivity contribution < 1.29 is 19.8 Å². The third-order valence-electron chi connectivity index (χ3n) is 2.71. The van der Waals surface area contributed by atoms with Gasteiger partial charge in [0.1, 0.15) is 0 Å². The van der Waals surface area contributed by atoms with Crippen LogP contribution in [0, 0.1) is 6.92 Å². The summed E-state index contributed by atoms with van der Waals surface area (Å²) >= 11 is 0. The zero-order valence-electron chi connectivity index (χ0n) is 12.2. The monoisotopic (exact) mass is 302 g/mol. The summed E-state index contributed by atoms with van der Waals surface area (Å²) in [6, 6.07) is 12.7. The Labute approximate surface area is 128 Å². The number of carboxylic acids is 2. The predicted octanol–water partition coefficient (Wildman–Crippen LogP) is 1.84. The Morgan fingerprint density at radius 2 is 1.36 bits per heavy atom. The summed E-state index contributed by atoms with van der Waals surface area (Å²) < 4.78 is 0. The van der Waals surface area contributed by atoms with Crippen molar-refractivity contribution in [3.63, 3.8) is 0 Å². The number of carboxylic acid groups (broad SMARTS) is 2. The highest BCUT2D eigenvalue weighted by Crippen LogP contribution is 2.03. The van der Waals surface area contributed by atoms with Crippen molar-refractivity contribution in [3.05, 3.63) is 65.5 Å². The maximum atomic E-state index is 9.10. The molecule has 1 heterocycles. The first-order valence-electron chi connectivity index (χ1n) is 6.60. The number of aromatic nitrogens is 1. The lowest BCUT2D eigenvalue weighted by Crippen LogP contribution is -2.12. The number of pyridine rings is 1. The Balaban J connectivity index is 0.000000346. The van der Waals surface area contributed by atoms with Gasteiger partial charge in [-0.2, -0.15) is 0 Å². The van der Waals surface area contributed by atoms with Gasteiger partial charge in [0, 0.05) is 25.5 Å². The van der Waals surface area contributed by atoms with Crippen LogP contribution in [0.5, 0.6) is 0 Å². The fraction of sp³-hybridized carbons (Fsp3) is 0.188. The van der Waals surface area contributed by atoms with Gasteiger partial charge in [0.2, 0.25) is 0 Å². The maximum Gasteiger partial charge on any atom is 0.414 e. The quantitative estimate of drug-likeness (QED) is 0.745. The van der Waals surface area contributed by atoms with Crippen molar-refractivity contribution >= 4 is 11.9 Å². The second kappa shape index (κ2) is 9.25. The van der Waals surface area contributed by atoms with E-state index in [0.29, 0.717) is 0 Å². The smallest absolute Gasteiger partial charge is 0.414 e. The first-order valence-corrected chi connectivity index (χ1v) is 6.60. The number of aliphatic carboxylic acids is 2. The van der Waals surface area contributed by atoms with E-state index in [0.717, 1.165) is 13.1 Å². The van der Waals surface area contributed by atoms with Crippen LogP contribution in [0.2, 0.25) is 0 Å². The molecular formula is C16H18N2O4. The summed E-state index contributed by atoms with van der Waals surface area (Å²) in [6.45, 7) is 3.90. The molecule has 0 bridgehead atoms. The highest BCUT2D eigenvalue weighted by molar-refractivity contribution is 6.27. The van der Waals surface area contributed by atoms with Gasteiger partial charge in [0.15, 0.2) is 0 Å². The molecule has 0 spiro atoms. The number of nitrogens with one attached hydrogen (secondary N) is 1. The van der Waals surface area contributed by atoms with Crippen LogP contribution in [0.1, 0.15) is 16.7 Å². The molecule has 0 aliphatic carbocycles. The number of rotatable bonds is 4. The van der Waals surface area contributed by atoms with Crippen molar-refractivity contribution in [3.8, 4) is 0 Å². The van der Waals surface area contributed by atoms with E-state index in [1.165, 1.54) is 16.7 Å². The van der Waals surface area contributed by atoms with Crippen LogP contribution in [-0.2, 0) is 22.7 Å². The fourth-order valence-corrected chi connectivity index (χ4v) is 1.56. The number of benzene rings is 1. The summed E-state index contributed by atoms with van der Waals surface area (Å²) in [5, 5.41) is 18.2. The average molecular weight is 302 g/mol. The molecule has 0 fully saturated rings. The van der Waals surface area contributed by atoms with E-state index in [1.807, 2.05) is 24.5 Å². The first-order chi connectivity index (χ1) is 10.5. The molecule has 116 valence electrons. The molecule has 0 atom stereocenters. The van der Waals surface area contributed by atoms with Gasteiger partial charge in [-0.1, -0.05) is 29.8 Å². The van der Waals surface area contributed by atoms with Gasteiger partial charge in [-0.3, -0.25) is 4.98 Å². The van der Waals surface area contributed by atoms with E-state index in [4.69, 9.17) is 19.8 Å². The van der Waals surface area contributed by atoms with E-state index in [1.54, 1.807) is 0 Å². The lowest BCUT2D eigenvalue weighted by atomic mass is 10.1. The highest BCUT2D eigenvalue weighted by Gasteiger charge is 2.04. The predicted molar refractivity (Wildman–Crippen MR) is 81.2 cm³/mol. The van der Waals surface area contributed by atoms with Crippen LogP contribution in [0.3, 0.4) is 0 Å². The van der Waals surface area contributed by atoms with Gasteiger partial charge in [-0.25, -0.2) is 9.59 Å². The van der Waals surface area contributed by atoms with Crippen molar-refractivity contribution in [1.29, 1.82) is 0 Å². The number of hydrogen-bond donors (Lipinski definition) is 3. The lowest BCUT2D eigenvalue weighted by molar-refractivity contribution is -0.159. The van der Waals surface area contributed by atoms with Gasteiger partial charge in [0.05, 0.1) is 0 Å². The molecule has 0 radical (unpaired) electrons. The number of carbonyl (C=O) groups is 2. The minimum atomic E-state index is -1.82. The Morgan fingerprint density at radius 1 is 0.909 bits per heavy atom. The molecule has 0 saturated heterocycles. The number of aryl methyl sites for hydroxylation is 1. The molecule has 0 unspecified atom stereocenters. The van der Waals surface area contributed by atoms with E-state index in [2.05, 4.69) is 41.5 Å². The third-order valence-corrected chi connectivity index (χ3v) is 2.71. The lowest BCUT2D eigenvalue weighted by Gasteiger charge is -2.05. The molecule has 22 heavy (non-hydrogen) atoms. The Kier molecular flexibility index (Phi) is 7.28. The molecule has 0 aliphatic heterocycles. The summed E-state index contributed by atoms with van der Waals surface area (Å²) in [4.78, 5) is 22.2. The Hall–Kier alpha value is -2.73. The summed E-state index contributed by atoms with van der Waals surface area (Å²) in [7, 11) is 0. The molecule has 3 N–H and O–H groups in total. The Bertz CT molecular complexity index is 585. The molecule has 1 aromatic heterocycles. The molecular weight excluding hydrogens is 284 g/mol. The zero-order valence-corrected chi connectivity index (χ0v) is 12.2. The van der Waals surface area contributed by atoms with Crippen LogP contribution >= 0.6 is 0 Å². The highest BCUT2D eigenvalue weighted by atomic mass is 16.4. The topological polar surface area (TPSA) is 99.5 Å². The summed E-state index contributed by atoms with van der Waals surface area (Å²) in [5.74, 6) is -3.65. The van der Waals surface area contributed by atoms with E-state index in [-0.39, 0.29) is 0 Å². The third kappa shape index (κ3) is 7.16. The van der Waals surface area contributed by atoms with Crippen molar-refractivity contribution in [2.24, 2.45) is 0 Å². The second-order valence-electron chi connectivity index (χ2n) is 4.55. The van der Waals surface area contributed by atoms with Crippen LogP contribution in [0.15, 0.2) is 48.8 Å². The molecule has 6 heteroatoms. The van der Waals surface area contributed by atoms with Crippen LogP contribution in [0.4, 0.5) is 0 Å². The number of nitrogens with zero attached hydrogens (tertiary/aromatic N) is 1. The Morgan fingerprint density at radius 3 is 1.82 bits per heavy atom. The molecule has 1 aromatic carbocycles. The van der Waals surface area contributed by atoms with Crippen LogP contribution in [0.25, 0.3) is 0 Å². The van der Waals surface area contributed by atoms with Gasteiger partial charge in [0.25, 0.3) is 0 Å².